The maximum atomic E-state index is 12.1. The SMILES string of the molecule is Cc1cc(N(C)C)ccc1NC(=O)NC1CCCCCC1. The summed E-state index contributed by atoms with van der Waals surface area (Å²) < 4.78 is 0. The van der Waals surface area contributed by atoms with Gasteiger partial charge in [-0.25, -0.2) is 4.79 Å². The van der Waals surface area contributed by atoms with E-state index in [1.165, 1.54) is 25.7 Å². The van der Waals surface area contributed by atoms with Crippen molar-refractivity contribution in [2.45, 2.75) is 51.5 Å². The summed E-state index contributed by atoms with van der Waals surface area (Å²) in [5.41, 5.74) is 3.10. The van der Waals surface area contributed by atoms with Crippen molar-refractivity contribution < 1.29 is 4.79 Å². The second kappa shape index (κ2) is 7.34. The topological polar surface area (TPSA) is 44.4 Å². The summed E-state index contributed by atoms with van der Waals surface area (Å²) in [5.74, 6) is 0. The molecule has 21 heavy (non-hydrogen) atoms. The summed E-state index contributed by atoms with van der Waals surface area (Å²) in [7, 11) is 4.03. The van der Waals surface area contributed by atoms with Gasteiger partial charge >= 0.3 is 6.03 Å². The molecule has 0 bridgehead atoms. The molecule has 0 aromatic heterocycles. The highest BCUT2D eigenvalue weighted by molar-refractivity contribution is 5.90. The van der Waals surface area contributed by atoms with Crippen molar-refractivity contribution in [2.75, 3.05) is 24.3 Å². The highest BCUT2D eigenvalue weighted by atomic mass is 16.2. The smallest absolute Gasteiger partial charge is 0.319 e. The molecule has 1 aliphatic rings. The average Bonchev–Trinajstić information content (AvgIpc) is 2.69. The van der Waals surface area contributed by atoms with E-state index in [2.05, 4.69) is 21.6 Å². The normalized spacial score (nSPS) is 16.1. The number of amides is 2. The molecule has 0 atom stereocenters. The van der Waals surface area contributed by atoms with E-state index in [9.17, 15) is 4.79 Å². The first kappa shape index (κ1) is 15.7. The average molecular weight is 289 g/mol. The zero-order valence-corrected chi connectivity index (χ0v) is 13.4. The van der Waals surface area contributed by atoms with Gasteiger partial charge in [0.05, 0.1) is 0 Å². The molecule has 2 N–H and O–H groups in total. The molecule has 0 heterocycles. The second-order valence-electron chi connectivity index (χ2n) is 6.18. The third-order valence-electron chi connectivity index (χ3n) is 4.16. The van der Waals surface area contributed by atoms with Crippen LogP contribution in [-0.2, 0) is 0 Å². The van der Waals surface area contributed by atoms with E-state index < -0.39 is 0 Å². The van der Waals surface area contributed by atoms with Crippen molar-refractivity contribution in [2.24, 2.45) is 0 Å². The molecule has 1 aromatic carbocycles. The van der Waals surface area contributed by atoms with Crippen LogP contribution < -0.4 is 15.5 Å². The first-order chi connectivity index (χ1) is 10.1. The molecule has 0 saturated heterocycles. The minimum absolute atomic E-state index is 0.0809. The van der Waals surface area contributed by atoms with Gasteiger partial charge in [0.1, 0.15) is 0 Å². The van der Waals surface area contributed by atoms with E-state index in [1.54, 1.807) is 0 Å². The molecular weight excluding hydrogens is 262 g/mol. The van der Waals surface area contributed by atoms with Gasteiger partial charge in [-0.2, -0.15) is 0 Å². The number of carbonyl (C=O) groups excluding carboxylic acids is 1. The van der Waals surface area contributed by atoms with Crippen molar-refractivity contribution in [3.63, 3.8) is 0 Å². The number of hydrogen-bond acceptors (Lipinski definition) is 2. The molecule has 2 amide bonds. The number of carbonyl (C=O) groups is 1. The Labute approximate surface area is 127 Å². The maximum absolute atomic E-state index is 12.1. The Bertz CT molecular complexity index is 477. The van der Waals surface area contributed by atoms with Gasteiger partial charge in [0.2, 0.25) is 0 Å². The highest BCUT2D eigenvalue weighted by Gasteiger charge is 2.15. The molecule has 4 heteroatoms. The third kappa shape index (κ3) is 4.66. The maximum Gasteiger partial charge on any atom is 0.319 e. The summed E-state index contributed by atoms with van der Waals surface area (Å²) in [6, 6.07) is 6.32. The fourth-order valence-corrected chi connectivity index (χ4v) is 2.83. The molecule has 1 aromatic rings. The third-order valence-corrected chi connectivity index (χ3v) is 4.16. The molecule has 4 nitrogen and oxygen atoms in total. The molecule has 0 radical (unpaired) electrons. The number of urea groups is 1. The van der Waals surface area contributed by atoms with Gasteiger partial charge in [0.15, 0.2) is 0 Å². The summed E-state index contributed by atoms with van der Waals surface area (Å²) in [6.07, 6.45) is 7.25. The zero-order chi connectivity index (χ0) is 15.2. The molecule has 1 saturated carbocycles. The number of rotatable bonds is 3. The van der Waals surface area contributed by atoms with Crippen LogP contribution in [0.25, 0.3) is 0 Å². The quantitative estimate of drug-likeness (QED) is 0.829. The van der Waals surface area contributed by atoms with Gasteiger partial charge in [-0.05, 0) is 43.5 Å². The van der Waals surface area contributed by atoms with Gasteiger partial charge < -0.3 is 15.5 Å². The molecule has 0 spiro atoms. The molecular formula is C17H27N3O. The van der Waals surface area contributed by atoms with Crippen LogP contribution >= 0.6 is 0 Å². The lowest BCUT2D eigenvalue weighted by molar-refractivity contribution is 0.247. The van der Waals surface area contributed by atoms with Gasteiger partial charge in [-0.3, -0.25) is 0 Å². The van der Waals surface area contributed by atoms with Crippen molar-refractivity contribution in [3.05, 3.63) is 23.8 Å². The summed E-state index contributed by atoms with van der Waals surface area (Å²) in [4.78, 5) is 14.2. The van der Waals surface area contributed by atoms with Crippen molar-refractivity contribution in [3.8, 4) is 0 Å². The minimum Gasteiger partial charge on any atom is -0.378 e. The van der Waals surface area contributed by atoms with Gasteiger partial charge in [0, 0.05) is 31.5 Å². The summed E-state index contributed by atoms with van der Waals surface area (Å²) >= 11 is 0. The van der Waals surface area contributed by atoms with Crippen LogP contribution in [0.1, 0.15) is 44.1 Å². The van der Waals surface area contributed by atoms with Crippen molar-refractivity contribution in [1.29, 1.82) is 0 Å². The fraction of sp³-hybridized carbons (Fsp3) is 0.588. The monoisotopic (exact) mass is 289 g/mol. The van der Waals surface area contributed by atoms with E-state index in [0.29, 0.717) is 6.04 Å². The zero-order valence-electron chi connectivity index (χ0n) is 13.4. The van der Waals surface area contributed by atoms with Crippen LogP contribution in [0.4, 0.5) is 16.2 Å². The van der Waals surface area contributed by atoms with E-state index in [0.717, 1.165) is 29.8 Å². The predicted molar refractivity (Wildman–Crippen MR) is 89.2 cm³/mol. The van der Waals surface area contributed by atoms with Crippen LogP contribution in [0.2, 0.25) is 0 Å². The van der Waals surface area contributed by atoms with E-state index in [1.807, 2.05) is 33.2 Å². The van der Waals surface area contributed by atoms with Crippen molar-refractivity contribution >= 4 is 17.4 Å². The molecule has 116 valence electrons. The van der Waals surface area contributed by atoms with Crippen LogP contribution in [0.5, 0.6) is 0 Å². The molecule has 1 aliphatic carbocycles. The molecule has 1 fully saturated rings. The van der Waals surface area contributed by atoms with Gasteiger partial charge in [-0.1, -0.05) is 25.7 Å². The van der Waals surface area contributed by atoms with Gasteiger partial charge in [0.25, 0.3) is 0 Å². The fourth-order valence-electron chi connectivity index (χ4n) is 2.83. The van der Waals surface area contributed by atoms with Crippen LogP contribution in [0.3, 0.4) is 0 Å². The second-order valence-corrected chi connectivity index (χ2v) is 6.18. The number of nitrogens with zero attached hydrogens (tertiary/aromatic N) is 1. The molecule has 0 unspecified atom stereocenters. The number of benzene rings is 1. The predicted octanol–water partition coefficient (Wildman–Crippen LogP) is 3.91. The van der Waals surface area contributed by atoms with Gasteiger partial charge in [-0.15, -0.1) is 0 Å². The minimum atomic E-state index is -0.0809. The number of hydrogen-bond donors (Lipinski definition) is 2. The Morgan fingerprint density at radius 1 is 1.14 bits per heavy atom. The Balaban J connectivity index is 1.92. The lowest BCUT2D eigenvalue weighted by Gasteiger charge is -2.18. The summed E-state index contributed by atoms with van der Waals surface area (Å²) in [5, 5.41) is 6.09. The van der Waals surface area contributed by atoms with Crippen LogP contribution in [-0.4, -0.2) is 26.2 Å². The van der Waals surface area contributed by atoms with E-state index in [4.69, 9.17) is 0 Å². The Morgan fingerprint density at radius 2 is 1.81 bits per heavy atom. The molecule has 2 rings (SSSR count). The lowest BCUT2D eigenvalue weighted by Crippen LogP contribution is -2.37. The lowest BCUT2D eigenvalue weighted by atomic mass is 10.1. The van der Waals surface area contributed by atoms with Crippen LogP contribution in [0, 0.1) is 6.92 Å². The largest absolute Gasteiger partial charge is 0.378 e. The molecule has 0 aliphatic heterocycles. The summed E-state index contributed by atoms with van der Waals surface area (Å²) in [6.45, 7) is 2.02. The Hall–Kier alpha value is -1.71. The van der Waals surface area contributed by atoms with E-state index in [-0.39, 0.29) is 6.03 Å². The van der Waals surface area contributed by atoms with E-state index >= 15 is 0 Å². The first-order valence-corrected chi connectivity index (χ1v) is 7.92. The first-order valence-electron chi connectivity index (χ1n) is 7.92. The van der Waals surface area contributed by atoms with Crippen LogP contribution in [0.15, 0.2) is 18.2 Å². The number of aryl methyl sites for hydroxylation is 1. The number of nitrogens with one attached hydrogen (secondary N) is 2. The highest BCUT2D eigenvalue weighted by Crippen LogP contribution is 2.22. The Morgan fingerprint density at radius 3 is 2.38 bits per heavy atom. The standard InChI is InChI=1S/C17H27N3O/c1-13-12-15(20(2)3)10-11-16(13)19-17(21)18-14-8-6-4-5-7-9-14/h10-12,14H,4-9H2,1-3H3,(H2,18,19,21). The Kier molecular flexibility index (Phi) is 5.48. The van der Waals surface area contributed by atoms with Crippen molar-refractivity contribution in [1.82, 2.24) is 5.32 Å². The number of anilines is 2.